The maximum Gasteiger partial charge on any atom is 0.336 e. The van der Waals surface area contributed by atoms with E-state index in [0.717, 1.165) is 5.56 Å². The Morgan fingerprint density at radius 3 is 2.50 bits per heavy atom. The summed E-state index contributed by atoms with van der Waals surface area (Å²) in [6.07, 6.45) is 0. The third kappa shape index (κ3) is 4.07. The average molecular weight is 381 g/mol. The number of fused-ring (bicyclic) bond motifs is 1. The van der Waals surface area contributed by atoms with Crippen LogP contribution in [0.1, 0.15) is 26.3 Å². The summed E-state index contributed by atoms with van der Waals surface area (Å²) >= 11 is 0. The van der Waals surface area contributed by atoms with Crippen LogP contribution in [0.2, 0.25) is 0 Å². The number of benzene rings is 2. The van der Waals surface area contributed by atoms with E-state index < -0.39 is 30.0 Å². The van der Waals surface area contributed by atoms with Crippen molar-refractivity contribution < 1.29 is 28.6 Å². The lowest BCUT2D eigenvalue weighted by molar-refractivity contribution is -0.133. The minimum absolute atomic E-state index is 0.0641. The smallest absolute Gasteiger partial charge is 0.336 e. The Kier molecular flexibility index (Phi) is 5.21. The van der Waals surface area contributed by atoms with Gasteiger partial charge in [0.1, 0.15) is 17.9 Å². The van der Waals surface area contributed by atoms with Crippen molar-refractivity contribution in [3.8, 4) is 5.75 Å². The zero-order valence-electron chi connectivity index (χ0n) is 14.7. The number of amides is 1. The maximum absolute atomic E-state index is 12.1. The van der Waals surface area contributed by atoms with Crippen molar-refractivity contribution in [3.05, 3.63) is 75.6 Å². The molecule has 0 aliphatic rings. The fourth-order valence-electron chi connectivity index (χ4n) is 2.65. The van der Waals surface area contributed by atoms with Crippen molar-refractivity contribution in [2.75, 3.05) is 6.54 Å². The zero-order valence-corrected chi connectivity index (χ0v) is 14.7. The summed E-state index contributed by atoms with van der Waals surface area (Å²) in [5.41, 5.74) is 0.250. The van der Waals surface area contributed by atoms with Crippen LogP contribution >= 0.6 is 0 Å². The molecule has 0 radical (unpaired) electrons. The second kappa shape index (κ2) is 7.75. The van der Waals surface area contributed by atoms with Gasteiger partial charge in [-0.25, -0.2) is 14.4 Å². The van der Waals surface area contributed by atoms with E-state index in [1.165, 1.54) is 42.5 Å². The number of aromatic carboxylic acids is 1. The molecule has 0 saturated carbocycles. The minimum Gasteiger partial charge on any atom is -0.478 e. The van der Waals surface area contributed by atoms with Crippen LogP contribution in [0.15, 0.2) is 57.7 Å². The molecular formula is C20H15NO7. The summed E-state index contributed by atoms with van der Waals surface area (Å²) in [5.74, 6) is -2.58. The molecule has 0 aliphatic carbocycles. The third-order valence-corrected chi connectivity index (χ3v) is 3.95. The molecule has 28 heavy (non-hydrogen) atoms. The molecule has 2 aromatic carbocycles. The van der Waals surface area contributed by atoms with Crippen LogP contribution in [0.25, 0.3) is 11.0 Å². The SMILES string of the molecule is Cc1cc(=O)oc2cc(OC(=O)CNC(=O)c3ccccc3C(=O)O)ccc12. The van der Waals surface area contributed by atoms with E-state index in [1.54, 1.807) is 13.0 Å². The van der Waals surface area contributed by atoms with Gasteiger partial charge in [0.2, 0.25) is 0 Å². The molecule has 0 bridgehead atoms. The lowest BCUT2D eigenvalue weighted by Crippen LogP contribution is -2.32. The summed E-state index contributed by atoms with van der Waals surface area (Å²) in [4.78, 5) is 46.8. The molecule has 1 aromatic heterocycles. The Balaban J connectivity index is 1.68. The highest BCUT2D eigenvalue weighted by Gasteiger charge is 2.17. The number of ether oxygens (including phenoxy) is 1. The number of hydrogen-bond donors (Lipinski definition) is 2. The van der Waals surface area contributed by atoms with Crippen LogP contribution in [0.3, 0.4) is 0 Å². The van der Waals surface area contributed by atoms with E-state index in [-0.39, 0.29) is 22.5 Å². The summed E-state index contributed by atoms with van der Waals surface area (Å²) in [5, 5.41) is 12.1. The van der Waals surface area contributed by atoms with Crippen LogP contribution in [0.4, 0.5) is 0 Å². The van der Waals surface area contributed by atoms with Gasteiger partial charge in [-0.1, -0.05) is 12.1 Å². The van der Waals surface area contributed by atoms with Crippen LogP contribution in [-0.4, -0.2) is 29.5 Å². The van der Waals surface area contributed by atoms with Crippen molar-refractivity contribution in [3.63, 3.8) is 0 Å². The zero-order chi connectivity index (χ0) is 20.3. The molecular weight excluding hydrogens is 366 g/mol. The van der Waals surface area contributed by atoms with E-state index >= 15 is 0 Å². The van der Waals surface area contributed by atoms with Crippen LogP contribution < -0.4 is 15.7 Å². The normalized spacial score (nSPS) is 10.5. The van der Waals surface area contributed by atoms with Gasteiger partial charge in [-0.15, -0.1) is 0 Å². The minimum atomic E-state index is -1.25. The fraction of sp³-hybridized carbons (Fsp3) is 0.100. The van der Waals surface area contributed by atoms with E-state index in [9.17, 15) is 19.2 Å². The molecule has 0 unspecified atom stereocenters. The molecule has 0 atom stereocenters. The highest BCUT2D eigenvalue weighted by atomic mass is 16.5. The first-order valence-corrected chi connectivity index (χ1v) is 8.21. The number of esters is 1. The second-order valence-corrected chi connectivity index (χ2v) is 5.91. The quantitative estimate of drug-likeness (QED) is 0.394. The van der Waals surface area contributed by atoms with E-state index in [4.69, 9.17) is 14.3 Å². The van der Waals surface area contributed by atoms with Gasteiger partial charge in [-0.2, -0.15) is 0 Å². The average Bonchev–Trinajstić information content (AvgIpc) is 2.65. The summed E-state index contributed by atoms with van der Waals surface area (Å²) in [6.45, 7) is 1.29. The summed E-state index contributed by atoms with van der Waals surface area (Å²) in [6, 6.07) is 11.6. The molecule has 0 aliphatic heterocycles. The van der Waals surface area contributed by atoms with Gasteiger partial charge in [0.25, 0.3) is 5.91 Å². The lowest BCUT2D eigenvalue weighted by Gasteiger charge is -2.08. The molecule has 0 fully saturated rings. The van der Waals surface area contributed by atoms with Crippen LogP contribution in [0.5, 0.6) is 5.75 Å². The number of carbonyl (C=O) groups excluding carboxylic acids is 2. The second-order valence-electron chi connectivity index (χ2n) is 5.91. The Morgan fingerprint density at radius 2 is 1.79 bits per heavy atom. The highest BCUT2D eigenvalue weighted by Crippen LogP contribution is 2.22. The molecule has 142 valence electrons. The number of hydrogen-bond acceptors (Lipinski definition) is 6. The molecule has 1 heterocycles. The topological polar surface area (TPSA) is 123 Å². The van der Waals surface area contributed by atoms with Crippen molar-refractivity contribution >= 4 is 28.8 Å². The van der Waals surface area contributed by atoms with Gasteiger partial charge in [0.15, 0.2) is 0 Å². The molecule has 0 spiro atoms. The number of aryl methyl sites for hydroxylation is 1. The summed E-state index contributed by atoms with van der Waals surface area (Å²) in [7, 11) is 0. The predicted octanol–water partition coefficient (Wildman–Crippen LogP) is 2.14. The maximum atomic E-state index is 12.1. The van der Waals surface area contributed by atoms with E-state index in [0.29, 0.717) is 5.39 Å². The predicted molar refractivity (Wildman–Crippen MR) is 98.6 cm³/mol. The molecule has 1 amide bonds. The van der Waals surface area contributed by atoms with Gasteiger partial charge >= 0.3 is 17.6 Å². The number of carboxylic acid groups (broad SMARTS) is 1. The standard InChI is InChI=1S/C20H15NO7/c1-11-8-17(22)28-16-9-12(6-7-13(11)16)27-18(23)10-21-19(24)14-4-2-3-5-15(14)20(25)26/h2-9H,10H2,1H3,(H,21,24)(H,25,26). The van der Waals surface area contributed by atoms with Crippen molar-refractivity contribution in [1.82, 2.24) is 5.32 Å². The molecule has 3 aromatic rings. The van der Waals surface area contributed by atoms with Crippen molar-refractivity contribution in [1.29, 1.82) is 0 Å². The number of nitrogens with one attached hydrogen (secondary N) is 1. The molecule has 2 N–H and O–H groups in total. The first kappa shape index (κ1) is 18.8. The van der Waals surface area contributed by atoms with Gasteiger partial charge in [-0.3, -0.25) is 4.79 Å². The Labute approximate surface area is 158 Å². The molecule has 3 rings (SSSR count). The van der Waals surface area contributed by atoms with Gasteiger partial charge in [0.05, 0.1) is 11.1 Å². The van der Waals surface area contributed by atoms with E-state index in [2.05, 4.69) is 5.32 Å². The van der Waals surface area contributed by atoms with Gasteiger partial charge < -0.3 is 19.6 Å². The van der Waals surface area contributed by atoms with Crippen molar-refractivity contribution in [2.45, 2.75) is 6.92 Å². The highest BCUT2D eigenvalue weighted by molar-refractivity contribution is 6.05. The summed E-state index contributed by atoms with van der Waals surface area (Å²) < 4.78 is 10.2. The van der Waals surface area contributed by atoms with Crippen LogP contribution in [0, 0.1) is 6.92 Å². The van der Waals surface area contributed by atoms with Gasteiger partial charge in [-0.05, 0) is 36.8 Å². The number of carboxylic acids is 1. The van der Waals surface area contributed by atoms with Crippen molar-refractivity contribution in [2.24, 2.45) is 0 Å². The monoisotopic (exact) mass is 381 g/mol. The number of rotatable bonds is 5. The number of carbonyl (C=O) groups is 3. The van der Waals surface area contributed by atoms with Gasteiger partial charge in [0, 0.05) is 17.5 Å². The van der Waals surface area contributed by atoms with Crippen LogP contribution in [-0.2, 0) is 4.79 Å². The molecule has 0 saturated heterocycles. The fourth-order valence-corrected chi connectivity index (χ4v) is 2.65. The first-order valence-electron chi connectivity index (χ1n) is 8.21. The molecule has 8 nitrogen and oxygen atoms in total. The Hall–Kier alpha value is -3.94. The van der Waals surface area contributed by atoms with E-state index in [1.807, 2.05) is 0 Å². The largest absolute Gasteiger partial charge is 0.478 e. The lowest BCUT2D eigenvalue weighted by atomic mass is 10.1. The Bertz CT molecular complexity index is 1150. The Morgan fingerprint density at radius 1 is 1.07 bits per heavy atom. The third-order valence-electron chi connectivity index (χ3n) is 3.95. The first-order chi connectivity index (χ1) is 13.3. The molecule has 8 heteroatoms.